The van der Waals surface area contributed by atoms with Crippen LogP contribution in [0, 0.1) is 5.82 Å². The van der Waals surface area contributed by atoms with E-state index in [1.54, 1.807) is 12.1 Å². The third-order valence-corrected chi connectivity index (χ3v) is 6.30. The highest BCUT2D eigenvalue weighted by Gasteiger charge is 2.47. The monoisotopic (exact) mass is 397 g/mol. The number of aryl methyl sites for hydroxylation is 1. The van der Waals surface area contributed by atoms with Crippen LogP contribution in [0.4, 0.5) is 9.18 Å². The van der Waals surface area contributed by atoms with E-state index in [1.807, 2.05) is 35.2 Å². The van der Waals surface area contributed by atoms with Crippen LogP contribution in [0.2, 0.25) is 0 Å². The van der Waals surface area contributed by atoms with E-state index in [2.05, 4.69) is 0 Å². The molecule has 2 aromatic rings. The number of piperidine rings is 2. The molecule has 2 fully saturated rings. The van der Waals surface area contributed by atoms with E-state index in [-0.39, 0.29) is 30.6 Å². The number of hydrogen-bond acceptors (Lipinski definition) is 3. The molecule has 5 heteroatoms. The molecule has 2 saturated heterocycles. The topological polar surface area (TPSA) is 49.8 Å². The van der Waals surface area contributed by atoms with Gasteiger partial charge in [-0.05, 0) is 68.2 Å². The van der Waals surface area contributed by atoms with Gasteiger partial charge in [0.2, 0.25) is 0 Å². The summed E-state index contributed by atoms with van der Waals surface area (Å²) < 4.78 is 18.7. The van der Waals surface area contributed by atoms with Crippen LogP contribution >= 0.6 is 0 Å². The van der Waals surface area contributed by atoms with Crippen molar-refractivity contribution in [3.63, 3.8) is 0 Å². The zero-order valence-electron chi connectivity index (χ0n) is 16.6. The largest absolute Gasteiger partial charge is 0.445 e. The third-order valence-electron chi connectivity index (χ3n) is 6.30. The fourth-order valence-electron chi connectivity index (χ4n) is 4.85. The summed E-state index contributed by atoms with van der Waals surface area (Å²) in [6, 6.07) is 16.2. The lowest BCUT2D eigenvalue weighted by Crippen LogP contribution is -2.60. The van der Waals surface area contributed by atoms with Gasteiger partial charge in [0.25, 0.3) is 0 Å². The number of benzene rings is 2. The van der Waals surface area contributed by atoms with Gasteiger partial charge in [0.15, 0.2) is 0 Å². The highest BCUT2D eigenvalue weighted by Crippen LogP contribution is 2.41. The van der Waals surface area contributed by atoms with E-state index in [9.17, 15) is 14.3 Å². The van der Waals surface area contributed by atoms with Crippen molar-refractivity contribution in [3.05, 3.63) is 71.5 Å². The van der Waals surface area contributed by atoms with Crippen LogP contribution in [0.15, 0.2) is 54.6 Å². The van der Waals surface area contributed by atoms with E-state index in [0.29, 0.717) is 25.7 Å². The van der Waals surface area contributed by atoms with Crippen LogP contribution in [0.3, 0.4) is 0 Å². The van der Waals surface area contributed by atoms with Crippen molar-refractivity contribution in [2.45, 2.75) is 69.2 Å². The standard InChI is InChI=1S/C24H28FNO3/c25-20-11-9-18(10-12-20)13-14-24(28)15-21-7-4-8-22(16-24)26(21)23(27)29-17-19-5-2-1-3-6-19/h1-3,5-6,9-12,21-22,28H,4,7-8,13-17H2. The second kappa shape index (κ2) is 8.54. The van der Waals surface area contributed by atoms with Gasteiger partial charge in [0.1, 0.15) is 12.4 Å². The van der Waals surface area contributed by atoms with Gasteiger partial charge in [-0.15, -0.1) is 0 Å². The smallest absolute Gasteiger partial charge is 0.410 e. The Hall–Kier alpha value is -2.40. The summed E-state index contributed by atoms with van der Waals surface area (Å²) in [5.41, 5.74) is 1.20. The highest BCUT2D eigenvalue weighted by molar-refractivity contribution is 5.69. The second-order valence-corrected chi connectivity index (χ2v) is 8.45. The first kappa shape index (κ1) is 19.9. The van der Waals surface area contributed by atoms with Crippen LogP contribution in [-0.2, 0) is 17.8 Å². The van der Waals surface area contributed by atoms with E-state index in [0.717, 1.165) is 30.4 Å². The van der Waals surface area contributed by atoms with Gasteiger partial charge in [-0.1, -0.05) is 42.5 Å². The molecule has 2 aliphatic rings. The van der Waals surface area contributed by atoms with Gasteiger partial charge in [0.05, 0.1) is 5.60 Å². The second-order valence-electron chi connectivity index (χ2n) is 8.45. The predicted octanol–water partition coefficient (Wildman–Crippen LogP) is 4.84. The molecule has 1 N–H and O–H groups in total. The Balaban J connectivity index is 1.37. The fourth-order valence-corrected chi connectivity index (χ4v) is 4.85. The molecule has 1 amide bonds. The molecule has 2 unspecified atom stereocenters. The van der Waals surface area contributed by atoms with Crippen LogP contribution < -0.4 is 0 Å². The Morgan fingerprint density at radius 3 is 2.34 bits per heavy atom. The van der Waals surface area contributed by atoms with Crippen LogP contribution in [0.5, 0.6) is 0 Å². The van der Waals surface area contributed by atoms with Crippen molar-refractivity contribution in [2.75, 3.05) is 0 Å². The zero-order valence-corrected chi connectivity index (χ0v) is 16.6. The summed E-state index contributed by atoms with van der Waals surface area (Å²) in [7, 11) is 0. The lowest BCUT2D eigenvalue weighted by atomic mass is 9.73. The van der Waals surface area contributed by atoms with Crippen molar-refractivity contribution >= 4 is 6.09 Å². The molecule has 29 heavy (non-hydrogen) atoms. The first-order valence-electron chi connectivity index (χ1n) is 10.5. The molecule has 0 spiro atoms. The SMILES string of the molecule is O=C(OCc1ccccc1)N1C2CCCC1CC(O)(CCc1ccc(F)cc1)C2. The number of aliphatic hydroxyl groups is 1. The molecule has 2 atom stereocenters. The first-order valence-corrected chi connectivity index (χ1v) is 10.5. The Labute approximate surface area is 171 Å². The molecule has 2 aromatic carbocycles. The van der Waals surface area contributed by atoms with Crippen LogP contribution in [-0.4, -0.2) is 33.8 Å². The quantitative estimate of drug-likeness (QED) is 0.785. The number of amides is 1. The number of carbonyl (C=O) groups excluding carboxylic acids is 1. The lowest BCUT2D eigenvalue weighted by Gasteiger charge is -2.51. The molecule has 0 radical (unpaired) electrons. The maximum atomic E-state index is 13.1. The number of halogens is 1. The average molecular weight is 397 g/mol. The van der Waals surface area contributed by atoms with E-state index in [4.69, 9.17) is 4.74 Å². The number of rotatable bonds is 5. The molecule has 0 saturated carbocycles. The average Bonchev–Trinajstić information content (AvgIpc) is 2.72. The molecule has 0 aromatic heterocycles. The minimum Gasteiger partial charge on any atom is -0.445 e. The summed E-state index contributed by atoms with van der Waals surface area (Å²) in [5.74, 6) is -0.246. The summed E-state index contributed by atoms with van der Waals surface area (Å²) in [4.78, 5) is 14.7. The predicted molar refractivity (Wildman–Crippen MR) is 109 cm³/mol. The molecular formula is C24H28FNO3. The molecule has 2 heterocycles. The minimum absolute atomic E-state index is 0.0176. The van der Waals surface area contributed by atoms with Crippen molar-refractivity contribution in [1.29, 1.82) is 0 Å². The number of carbonyl (C=O) groups is 1. The van der Waals surface area contributed by atoms with Crippen molar-refractivity contribution in [3.8, 4) is 0 Å². The minimum atomic E-state index is -0.791. The summed E-state index contributed by atoms with van der Waals surface area (Å²) in [5, 5.41) is 11.2. The molecule has 4 nitrogen and oxygen atoms in total. The van der Waals surface area contributed by atoms with Gasteiger partial charge in [-0.2, -0.15) is 0 Å². The van der Waals surface area contributed by atoms with E-state index >= 15 is 0 Å². The van der Waals surface area contributed by atoms with Gasteiger partial charge < -0.3 is 14.7 Å². The molecule has 4 rings (SSSR count). The van der Waals surface area contributed by atoms with E-state index < -0.39 is 5.60 Å². The maximum absolute atomic E-state index is 13.1. The first-order chi connectivity index (χ1) is 14.0. The van der Waals surface area contributed by atoms with Gasteiger partial charge >= 0.3 is 6.09 Å². The molecule has 0 aliphatic carbocycles. The van der Waals surface area contributed by atoms with Crippen molar-refractivity contribution in [2.24, 2.45) is 0 Å². The van der Waals surface area contributed by atoms with Crippen LogP contribution in [0.1, 0.15) is 49.7 Å². The molecule has 154 valence electrons. The lowest BCUT2D eigenvalue weighted by molar-refractivity contribution is -0.0887. The van der Waals surface area contributed by atoms with Crippen molar-refractivity contribution in [1.82, 2.24) is 4.90 Å². The normalized spacial score (nSPS) is 26.2. The fraction of sp³-hybridized carbons (Fsp3) is 0.458. The molecule has 2 aliphatic heterocycles. The Morgan fingerprint density at radius 1 is 1.03 bits per heavy atom. The summed E-state index contributed by atoms with van der Waals surface area (Å²) in [6.07, 6.45) is 5.07. The summed E-state index contributed by atoms with van der Waals surface area (Å²) in [6.45, 7) is 0.268. The number of ether oxygens (including phenoxy) is 1. The van der Waals surface area contributed by atoms with Crippen LogP contribution in [0.25, 0.3) is 0 Å². The number of fused-ring (bicyclic) bond motifs is 2. The highest BCUT2D eigenvalue weighted by atomic mass is 19.1. The van der Waals surface area contributed by atoms with Gasteiger partial charge in [0, 0.05) is 12.1 Å². The number of nitrogens with zero attached hydrogens (tertiary/aromatic N) is 1. The Bertz CT molecular complexity index is 810. The Kier molecular flexibility index (Phi) is 5.86. The zero-order chi connectivity index (χ0) is 20.3. The summed E-state index contributed by atoms with van der Waals surface area (Å²) >= 11 is 0. The number of hydrogen-bond donors (Lipinski definition) is 1. The Morgan fingerprint density at radius 2 is 1.69 bits per heavy atom. The molecule has 2 bridgehead atoms. The van der Waals surface area contributed by atoms with Crippen molar-refractivity contribution < 1.29 is 19.0 Å². The maximum Gasteiger partial charge on any atom is 0.410 e. The molecular weight excluding hydrogens is 369 g/mol. The third kappa shape index (κ3) is 4.78. The van der Waals surface area contributed by atoms with Gasteiger partial charge in [-0.25, -0.2) is 9.18 Å². The van der Waals surface area contributed by atoms with Gasteiger partial charge in [-0.3, -0.25) is 0 Å². The van der Waals surface area contributed by atoms with E-state index in [1.165, 1.54) is 12.1 Å².